The lowest BCUT2D eigenvalue weighted by Crippen LogP contribution is -1.89. The maximum Gasteiger partial charge on any atom is 0.0704 e. The van der Waals surface area contributed by atoms with E-state index in [0.717, 1.165) is 11.3 Å². The lowest BCUT2D eigenvalue weighted by atomic mass is 10.1. The van der Waals surface area contributed by atoms with Crippen LogP contribution >= 0.6 is 0 Å². The van der Waals surface area contributed by atoms with Gasteiger partial charge in [0.25, 0.3) is 0 Å². The van der Waals surface area contributed by atoms with Gasteiger partial charge in [-0.2, -0.15) is 0 Å². The van der Waals surface area contributed by atoms with Crippen LogP contribution in [0.5, 0.6) is 0 Å². The van der Waals surface area contributed by atoms with Gasteiger partial charge in [-0.3, -0.25) is 4.98 Å². The van der Waals surface area contributed by atoms with Gasteiger partial charge in [-0.1, -0.05) is 49.1 Å². The highest BCUT2D eigenvalue weighted by Crippen LogP contribution is 2.15. The van der Waals surface area contributed by atoms with E-state index >= 15 is 0 Å². The SMILES string of the molecule is C=Cc1c(C)ccnc1C=Cc1ccccc1. The molecule has 1 aromatic carbocycles. The molecule has 0 saturated heterocycles. The predicted octanol–water partition coefficient (Wildman–Crippen LogP) is 4.20. The third kappa shape index (κ3) is 2.70. The van der Waals surface area contributed by atoms with E-state index in [1.165, 1.54) is 11.1 Å². The Hall–Kier alpha value is -2.15. The zero-order chi connectivity index (χ0) is 12.1. The number of nitrogens with zero attached hydrogens (tertiary/aromatic N) is 1. The molecule has 1 heterocycles. The first-order chi connectivity index (χ1) is 8.31. The van der Waals surface area contributed by atoms with E-state index in [-0.39, 0.29) is 0 Å². The maximum atomic E-state index is 4.37. The first kappa shape index (κ1) is 11.3. The van der Waals surface area contributed by atoms with Crippen LogP contribution in [-0.2, 0) is 0 Å². The minimum Gasteiger partial charge on any atom is -0.256 e. The van der Waals surface area contributed by atoms with Gasteiger partial charge in [0.1, 0.15) is 0 Å². The van der Waals surface area contributed by atoms with Crippen LogP contribution in [-0.4, -0.2) is 4.98 Å². The van der Waals surface area contributed by atoms with Crippen molar-refractivity contribution in [2.24, 2.45) is 0 Å². The lowest BCUT2D eigenvalue weighted by molar-refractivity contribution is 1.24. The first-order valence-electron chi connectivity index (χ1n) is 5.62. The van der Waals surface area contributed by atoms with Crippen molar-refractivity contribution < 1.29 is 0 Å². The van der Waals surface area contributed by atoms with Crippen LogP contribution in [0.4, 0.5) is 0 Å². The number of aromatic nitrogens is 1. The van der Waals surface area contributed by atoms with Crippen LogP contribution in [0.25, 0.3) is 18.2 Å². The van der Waals surface area contributed by atoms with E-state index in [2.05, 4.69) is 36.7 Å². The highest BCUT2D eigenvalue weighted by atomic mass is 14.7. The number of rotatable bonds is 3. The zero-order valence-electron chi connectivity index (χ0n) is 9.93. The minimum absolute atomic E-state index is 0.962. The van der Waals surface area contributed by atoms with Crippen molar-refractivity contribution in [3.8, 4) is 0 Å². The van der Waals surface area contributed by atoms with Crippen molar-refractivity contribution in [1.82, 2.24) is 4.98 Å². The third-order valence-electron chi connectivity index (χ3n) is 2.68. The zero-order valence-corrected chi connectivity index (χ0v) is 9.93. The Labute approximate surface area is 102 Å². The molecule has 1 aromatic heterocycles. The number of pyridine rings is 1. The summed E-state index contributed by atoms with van der Waals surface area (Å²) in [5.41, 5.74) is 4.43. The molecule has 2 aromatic rings. The smallest absolute Gasteiger partial charge is 0.0704 e. The molecule has 0 atom stereocenters. The molecule has 0 spiro atoms. The fraction of sp³-hybridized carbons (Fsp3) is 0.0625. The number of hydrogen-bond donors (Lipinski definition) is 0. The van der Waals surface area contributed by atoms with Gasteiger partial charge >= 0.3 is 0 Å². The summed E-state index contributed by atoms with van der Waals surface area (Å²) in [6.07, 6.45) is 7.77. The molecule has 0 bridgehead atoms. The van der Waals surface area contributed by atoms with Crippen LogP contribution in [0.2, 0.25) is 0 Å². The number of benzene rings is 1. The van der Waals surface area contributed by atoms with Gasteiger partial charge in [0.05, 0.1) is 5.69 Å². The normalized spacial score (nSPS) is 10.6. The second-order valence-electron chi connectivity index (χ2n) is 3.87. The summed E-state index contributed by atoms with van der Waals surface area (Å²) in [5.74, 6) is 0. The molecule has 0 aliphatic rings. The highest BCUT2D eigenvalue weighted by molar-refractivity contribution is 5.73. The molecule has 0 aliphatic carbocycles. The van der Waals surface area contributed by atoms with Gasteiger partial charge in [0.15, 0.2) is 0 Å². The van der Waals surface area contributed by atoms with E-state index in [1.807, 2.05) is 42.6 Å². The largest absolute Gasteiger partial charge is 0.256 e. The molecule has 0 saturated carbocycles. The molecule has 0 fully saturated rings. The fourth-order valence-corrected chi connectivity index (χ4v) is 1.73. The summed E-state index contributed by atoms with van der Waals surface area (Å²) in [7, 11) is 0. The molecule has 84 valence electrons. The first-order valence-corrected chi connectivity index (χ1v) is 5.62. The number of aryl methyl sites for hydroxylation is 1. The van der Waals surface area contributed by atoms with E-state index in [1.54, 1.807) is 0 Å². The van der Waals surface area contributed by atoms with Crippen molar-refractivity contribution in [1.29, 1.82) is 0 Å². The average Bonchev–Trinajstić information content (AvgIpc) is 2.37. The second kappa shape index (κ2) is 5.26. The Morgan fingerprint density at radius 3 is 2.53 bits per heavy atom. The molecule has 0 unspecified atom stereocenters. The van der Waals surface area contributed by atoms with Crippen LogP contribution in [0.15, 0.2) is 49.2 Å². The van der Waals surface area contributed by atoms with Gasteiger partial charge < -0.3 is 0 Å². The summed E-state index contributed by atoms with van der Waals surface area (Å²) >= 11 is 0. The molecule has 0 amide bonds. The average molecular weight is 221 g/mol. The molecular formula is C16H15N. The monoisotopic (exact) mass is 221 g/mol. The van der Waals surface area contributed by atoms with Gasteiger partial charge in [0.2, 0.25) is 0 Å². The molecular weight excluding hydrogens is 206 g/mol. The van der Waals surface area contributed by atoms with Crippen LogP contribution in [0.1, 0.15) is 22.4 Å². The summed E-state index contributed by atoms with van der Waals surface area (Å²) in [5, 5.41) is 0. The van der Waals surface area contributed by atoms with Crippen LogP contribution < -0.4 is 0 Å². The molecule has 1 heteroatoms. The standard InChI is InChI=1S/C16H15N/c1-3-15-13(2)11-12-17-16(15)10-9-14-7-5-4-6-8-14/h3-12H,1H2,2H3. The Balaban J connectivity index is 2.34. The van der Waals surface area contributed by atoms with E-state index < -0.39 is 0 Å². The summed E-state index contributed by atoms with van der Waals surface area (Å²) < 4.78 is 0. The minimum atomic E-state index is 0.962. The van der Waals surface area contributed by atoms with Gasteiger partial charge in [-0.25, -0.2) is 0 Å². The molecule has 0 radical (unpaired) electrons. The lowest BCUT2D eigenvalue weighted by Gasteiger charge is -2.03. The van der Waals surface area contributed by atoms with Crippen molar-refractivity contribution in [2.45, 2.75) is 6.92 Å². The number of hydrogen-bond acceptors (Lipinski definition) is 1. The molecule has 17 heavy (non-hydrogen) atoms. The third-order valence-corrected chi connectivity index (χ3v) is 2.68. The van der Waals surface area contributed by atoms with E-state index in [4.69, 9.17) is 0 Å². The predicted molar refractivity (Wildman–Crippen MR) is 74.4 cm³/mol. The van der Waals surface area contributed by atoms with Crippen LogP contribution in [0.3, 0.4) is 0 Å². The van der Waals surface area contributed by atoms with Crippen molar-refractivity contribution >= 4 is 18.2 Å². The van der Waals surface area contributed by atoms with Crippen molar-refractivity contribution in [3.63, 3.8) is 0 Å². The van der Waals surface area contributed by atoms with E-state index in [0.29, 0.717) is 0 Å². The van der Waals surface area contributed by atoms with Crippen LogP contribution in [0, 0.1) is 6.92 Å². The summed E-state index contributed by atoms with van der Waals surface area (Å²) in [6, 6.07) is 12.2. The van der Waals surface area contributed by atoms with Crippen molar-refractivity contribution in [2.75, 3.05) is 0 Å². The molecule has 1 nitrogen and oxygen atoms in total. The summed E-state index contributed by atoms with van der Waals surface area (Å²) in [6.45, 7) is 5.90. The van der Waals surface area contributed by atoms with Gasteiger partial charge in [-0.15, -0.1) is 0 Å². The topological polar surface area (TPSA) is 12.9 Å². The Morgan fingerprint density at radius 1 is 1.06 bits per heavy atom. The van der Waals surface area contributed by atoms with E-state index in [9.17, 15) is 0 Å². The summed E-state index contributed by atoms with van der Waals surface area (Å²) in [4.78, 5) is 4.37. The second-order valence-corrected chi connectivity index (χ2v) is 3.87. The molecule has 2 rings (SSSR count). The maximum absolute atomic E-state index is 4.37. The highest BCUT2D eigenvalue weighted by Gasteiger charge is 1.99. The Bertz CT molecular complexity index is 539. The Kier molecular flexibility index (Phi) is 3.51. The van der Waals surface area contributed by atoms with Gasteiger partial charge in [-0.05, 0) is 30.2 Å². The fourth-order valence-electron chi connectivity index (χ4n) is 1.73. The van der Waals surface area contributed by atoms with Gasteiger partial charge in [0, 0.05) is 11.8 Å². The van der Waals surface area contributed by atoms with Crippen molar-refractivity contribution in [3.05, 3.63) is 71.6 Å². The Morgan fingerprint density at radius 2 is 1.82 bits per heavy atom. The molecule has 0 aliphatic heterocycles. The molecule has 0 N–H and O–H groups in total. The quantitative estimate of drug-likeness (QED) is 0.756.